The number of alkyl halides is 1. The predicted octanol–water partition coefficient (Wildman–Crippen LogP) is 0.0743. The number of hydrogen-bond donors (Lipinski definition) is 0. The molecule has 0 amide bonds. The van der Waals surface area contributed by atoms with Gasteiger partial charge in [-0.25, -0.2) is 4.79 Å². The summed E-state index contributed by atoms with van der Waals surface area (Å²) in [6.07, 6.45) is -5.06. The largest absolute Gasteiger partial charge is 0.467 e. The van der Waals surface area contributed by atoms with Gasteiger partial charge in [-0.05, 0) is 0 Å². The van der Waals surface area contributed by atoms with Crippen LogP contribution in [0.3, 0.4) is 0 Å². The van der Waals surface area contributed by atoms with Crippen LogP contribution in [-0.4, -0.2) is 60.4 Å². The molecule has 23 heavy (non-hydrogen) atoms. The van der Waals surface area contributed by atoms with Crippen molar-refractivity contribution in [3.63, 3.8) is 0 Å². The number of carbonyl (C=O) groups excluding carboxylic acids is 4. The summed E-state index contributed by atoms with van der Waals surface area (Å²) >= 11 is 3.11. The summed E-state index contributed by atoms with van der Waals surface area (Å²) < 4.78 is 25.2. The van der Waals surface area contributed by atoms with E-state index in [1.165, 1.54) is 0 Å². The summed E-state index contributed by atoms with van der Waals surface area (Å²) in [7, 11) is 1.12. The molecule has 0 saturated carbocycles. The van der Waals surface area contributed by atoms with E-state index in [4.69, 9.17) is 18.9 Å². The second-order valence-corrected chi connectivity index (χ2v) is 5.56. The van der Waals surface area contributed by atoms with Crippen LogP contribution in [0.25, 0.3) is 0 Å². The number of rotatable bonds is 4. The SMILES string of the molecule is COC(=O)[C@H]1OC(Br)[C@H](OC(C)=O)[C@@H](OC(C)=O)[C@H]1OC(C)=O. The Hall–Kier alpha value is -1.68. The maximum absolute atomic E-state index is 11.9. The van der Waals surface area contributed by atoms with Crippen LogP contribution in [0.4, 0.5) is 0 Å². The molecule has 130 valence electrons. The lowest BCUT2D eigenvalue weighted by atomic mass is 9.99. The molecule has 0 aromatic heterocycles. The third kappa shape index (κ3) is 5.17. The van der Waals surface area contributed by atoms with Crippen LogP contribution in [0.2, 0.25) is 0 Å². The minimum atomic E-state index is -1.36. The highest BCUT2D eigenvalue weighted by Gasteiger charge is 2.53. The minimum Gasteiger partial charge on any atom is -0.467 e. The zero-order valence-electron chi connectivity index (χ0n) is 12.9. The van der Waals surface area contributed by atoms with Gasteiger partial charge >= 0.3 is 23.9 Å². The molecule has 0 spiro atoms. The molecule has 1 unspecified atom stereocenters. The van der Waals surface area contributed by atoms with Gasteiger partial charge in [0.15, 0.2) is 29.4 Å². The highest BCUT2D eigenvalue weighted by molar-refractivity contribution is 9.09. The Morgan fingerprint density at radius 3 is 1.70 bits per heavy atom. The molecule has 1 fully saturated rings. The lowest BCUT2D eigenvalue weighted by molar-refractivity contribution is -0.234. The highest BCUT2D eigenvalue weighted by Crippen LogP contribution is 2.31. The quantitative estimate of drug-likeness (QED) is 0.369. The summed E-state index contributed by atoms with van der Waals surface area (Å²) in [6, 6.07) is 0. The van der Waals surface area contributed by atoms with E-state index in [0.29, 0.717) is 0 Å². The summed E-state index contributed by atoms with van der Waals surface area (Å²) in [5.41, 5.74) is 0. The fourth-order valence-electron chi connectivity index (χ4n) is 2.07. The normalized spacial score (nSPS) is 30.0. The molecule has 0 aliphatic carbocycles. The lowest BCUT2D eigenvalue weighted by Crippen LogP contribution is -2.61. The summed E-state index contributed by atoms with van der Waals surface area (Å²) in [5, 5.41) is -0.980. The molecular weight excluding hydrogens is 380 g/mol. The van der Waals surface area contributed by atoms with Crippen molar-refractivity contribution in [1.29, 1.82) is 0 Å². The van der Waals surface area contributed by atoms with Crippen molar-refractivity contribution in [3.8, 4) is 0 Å². The van der Waals surface area contributed by atoms with Crippen molar-refractivity contribution in [1.82, 2.24) is 0 Å². The molecular formula is C13H17BrO9. The third-order valence-electron chi connectivity index (χ3n) is 2.82. The molecule has 1 heterocycles. The van der Waals surface area contributed by atoms with Crippen LogP contribution in [-0.2, 0) is 42.9 Å². The topological polar surface area (TPSA) is 114 Å². The number of ether oxygens (including phenoxy) is 5. The first-order chi connectivity index (χ1) is 10.7. The number of esters is 4. The first-order valence-electron chi connectivity index (χ1n) is 6.56. The minimum absolute atomic E-state index is 0.668. The average molecular weight is 397 g/mol. The standard InChI is InChI=1S/C13H17BrO9/c1-5(15)20-8-9(21-6(2)16)11(13(18)19-4)23-12(14)10(8)22-7(3)17/h8-12H,1-4H3/t8-,9+,10+,11-,12?/m0/s1. The van der Waals surface area contributed by atoms with Crippen LogP contribution in [0.5, 0.6) is 0 Å². The van der Waals surface area contributed by atoms with Gasteiger partial charge in [-0.1, -0.05) is 15.9 Å². The summed E-state index contributed by atoms with van der Waals surface area (Å²) in [6.45, 7) is 3.39. The maximum atomic E-state index is 11.9. The van der Waals surface area contributed by atoms with E-state index in [9.17, 15) is 19.2 Å². The van der Waals surface area contributed by atoms with Crippen molar-refractivity contribution in [3.05, 3.63) is 0 Å². The van der Waals surface area contributed by atoms with Crippen LogP contribution >= 0.6 is 15.9 Å². The first kappa shape index (κ1) is 19.4. The van der Waals surface area contributed by atoms with E-state index < -0.39 is 53.3 Å². The molecule has 0 N–H and O–H groups in total. The van der Waals surface area contributed by atoms with Crippen molar-refractivity contribution < 1.29 is 42.9 Å². The Morgan fingerprint density at radius 1 is 0.826 bits per heavy atom. The van der Waals surface area contributed by atoms with Gasteiger partial charge in [-0.15, -0.1) is 0 Å². The van der Waals surface area contributed by atoms with Crippen molar-refractivity contribution in [2.75, 3.05) is 7.11 Å². The van der Waals surface area contributed by atoms with Gasteiger partial charge in [0.2, 0.25) is 0 Å². The van der Waals surface area contributed by atoms with Gasteiger partial charge in [0.05, 0.1) is 7.11 Å². The van der Waals surface area contributed by atoms with Gasteiger partial charge in [-0.3, -0.25) is 14.4 Å². The summed E-state index contributed by atoms with van der Waals surface area (Å²) in [5.74, 6) is -2.95. The predicted molar refractivity (Wildman–Crippen MR) is 76.3 cm³/mol. The number of carbonyl (C=O) groups is 4. The van der Waals surface area contributed by atoms with Crippen molar-refractivity contribution in [2.45, 2.75) is 50.2 Å². The summed E-state index contributed by atoms with van der Waals surface area (Å²) in [4.78, 5) is 45.8. The van der Waals surface area contributed by atoms with E-state index in [2.05, 4.69) is 20.7 Å². The maximum Gasteiger partial charge on any atom is 0.339 e. The number of methoxy groups -OCH3 is 1. The van der Waals surface area contributed by atoms with Gasteiger partial charge in [0, 0.05) is 20.8 Å². The van der Waals surface area contributed by atoms with Gasteiger partial charge in [-0.2, -0.15) is 0 Å². The van der Waals surface area contributed by atoms with Crippen LogP contribution < -0.4 is 0 Å². The van der Waals surface area contributed by atoms with E-state index >= 15 is 0 Å². The Labute approximate surface area is 140 Å². The second kappa shape index (κ2) is 8.25. The van der Waals surface area contributed by atoms with Crippen molar-refractivity contribution >= 4 is 39.8 Å². The molecule has 1 rings (SSSR count). The number of halogens is 1. The van der Waals surface area contributed by atoms with Gasteiger partial charge in [0.25, 0.3) is 0 Å². The van der Waals surface area contributed by atoms with E-state index in [0.717, 1.165) is 27.9 Å². The Morgan fingerprint density at radius 2 is 1.26 bits per heavy atom. The fourth-order valence-corrected chi connectivity index (χ4v) is 2.71. The second-order valence-electron chi connectivity index (χ2n) is 4.65. The molecule has 5 atom stereocenters. The van der Waals surface area contributed by atoms with E-state index in [1.807, 2.05) is 0 Å². The Bertz CT molecular complexity index is 492. The zero-order valence-corrected chi connectivity index (χ0v) is 14.5. The van der Waals surface area contributed by atoms with Crippen LogP contribution in [0.15, 0.2) is 0 Å². The molecule has 0 radical (unpaired) electrons. The molecule has 1 aliphatic heterocycles. The first-order valence-corrected chi connectivity index (χ1v) is 7.48. The highest BCUT2D eigenvalue weighted by atomic mass is 79.9. The molecule has 1 aliphatic rings. The van der Waals surface area contributed by atoms with Crippen molar-refractivity contribution in [2.24, 2.45) is 0 Å². The monoisotopic (exact) mass is 396 g/mol. The zero-order chi connectivity index (χ0) is 17.7. The van der Waals surface area contributed by atoms with Gasteiger partial charge in [0.1, 0.15) is 0 Å². The van der Waals surface area contributed by atoms with Crippen LogP contribution in [0, 0.1) is 0 Å². The number of hydrogen-bond acceptors (Lipinski definition) is 9. The van der Waals surface area contributed by atoms with Crippen LogP contribution in [0.1, 0.15) is 20.8 Å². The lowest BCUT2D eigenvalue weighted by Gasteiger charge is -2.41. The molecule has 0 aromatic carbocycles. The molecule has 10 heteroatoms. The fraction of sp³-hybridized carbons (Fsp3) is 0.692. The van der Waals surface area contributed by atoms with E-state index in [1.54, 1.807) is 0 Å². The molecule has 0 aromatic rings. The Balaban J connectivity index is 3.21. The van der Waals surface area contributed by atoms with Gasteiger partial charge < -0.3 is 23.7 Å². The molecule has 1 saturated heterocycles. The Kier molecular flexibility index (Phi) is 6.95. The van der Waals surface area contributed by atoms with E-state index in [-0.39, 0.29) is 0 Å². The molecule has 9 nitrogen and oxygen atoms in total. The smallest absolute Gasteiger partial charge is 0.339 e. The average Bonchev–Trinajstić information content (AvgIpc) is 2.43. The third-order valence-corrected chi connectivity index (χ3v) is 3.56. The molecule has 0 bridgehead atoms.